The Hall–Kier alpha value is 1.10. The van der Waals surface area contributed by atoms with E-state index < -0.39 is 5.09 Å². The molecule has 0 bridgehead atoms. The van der Waals surface area contributed by atoms with Gasteiger partial charge in [0.05, 0.1) is 5.09 Å². The summed E-state index contributed by atoms with van der Waals surface area (Å²) >= 11 is 0. The van der Waals surface area contributed by atoms with E-state index in [0.717, 1.165) is 0 Å². The molecule has 38 valence electrons. The van der Waals surface area contributed by atoms with E-state index in [4.69, 9.17) is 15.3 Å². The first kappa shape index (κ1) is 15.7. The summed E-state index contributed by atoms with van der Waals surface area (Å²) in [6, 6.07) is 0. The van der Waals surface area contributed by atoms with Crippen LogP contribution in [-0.4, -0.2) is 5.09 Å². The molecule has 6 heavy (non-hydrogen) atoms. The van der Waals surface area contributed by atoms with Crippen LogP contribution in [-0.2, 0) is 17.1 Å². The zero-order valence-corrected chi connectivity index (χ0v) is 6.56. The maximum absolute atomic E-state index is 8.25. The van der Waals surface area contributed by atoms with Gasteiger partial charge in [-0.1, -0.05) is 0 Å². The summed E-state index contributed by atoms with van der Waals surface area (Å²) in [6.45, 7) is 0. The third kappa shape index (κ3) is 71.2. The van der Waals surface area contributed by atoms with Gasteiger partial charge in [-0.2, -0.15) is 0 Å². The summed E-state index contributed by atoms with van der Waals surface area (Å²) in [7, 11) is 0. The maximum Gasteiger partial charge on any atom is 1.00 e. The monoisotopic (exact) mass is 265 g/mol. The van der Waals surface area contributed by atoms with Crippen molar-refractivity contribution in [3.05, 3.63) is 15.3 Å². The molecule has 0 unspecified atom stereocenters. The van der Waals surface area contributed by atoms with Crippen molar-refractivity contribution in [2.75, 3.05) is 0 Å². The topological polar surface area (TPSA) is 66.2 Å². The minimum Gasteiger partial charge on any atom is -0.356 e. The van der Waals surface area contributed by atoms with Crippen molar-refractivity contribution in [1.82, 2.24) is 0 Å². The van der Waals surface area contributed by atoms with Crippen molar-refractivity contribution in [2.24, 2.45) is 0 Å². The largest absolute Gasteiger partial charge is 1.00 e. The fraction of sp³-hybridized carbons (Fsp3) is 0. The molecule has 0 aliphatic rings. The number of hydrogen-bond donors (Lipinski definition) is 0. The van der Waals surface area contributed by atoms with E-state index in [0.29, 0.717) is 0 Å². The zero-order chi connectivity index (χ0) is 3.58. The van der Waals surface area contributed by atoms with Crippen LogP contribution < -0.4 is 0 Å². The predicted octanol–water partition coefficient (Wildman–Crippen LogP) is -0.242. The molecule has 0 rings (SSSR count). The number of rotatable bonds is 0. The van der Waals surface area contributed by atoms with Gasteiger partial charge in [0.15, 0.2) is 0 Å². The second kappa shape index (κ2) is 9.44. The van der Waals surface area contributed by atoms with Gasteiger partial charge in [0, 0.05) is 41.7 Å². The summed E-state index contributed by atoms with van der Waals surface area (Å²) in [5, 5.41) is 14.8. The molecular weight excluding hydrogens is 266 g/mol. The zero-order valence-electron chi connectivity index (χ0n) is 2.47. The van der Waals surface area contributed by atoms with Gasteiger partial charge < -0.3 is 15.3 Å². The van der Waals surface area contributed by atoms with E-state index >= 15 is 0 Å². The van der Waals surface area contributed by atoms with Gasteiger partial charge in [-0.05, 0) is 0 Å². The van der Waals surface area contributed by atoms with Crippen LogP contribution in [0.4, 0.5) is 0 Å². The number of hydrogen-bond acceptors (Lipinski definition) is 3. The third-order valence-electron chi connectivity index (χ3n) is 0. The van der Waals surface area contributed by atoms with Crippen LogP contribution in [0.3, 0.4) is 0 Å². The molecule has 0 aromatic heterocycles. The molecule has 0 heterocycles. The van der Waals surface area contributed by atoms with Crippen LogP contribution in [0.15, 0.2) is 0 Å². The predicted molar refractivity (Wildman–Crippen MR) is 10.4 cm³/mol. The molecule has 0 saturated carbocycles. The Labute approximate surface area is 78.3 Å². The van der Waals surface area contributed by atoms with Gasteiger partial charge in [0.1, 0.15) is 0 Å². The minimum atomic E-state index is -1.75. The normalized spacial score (nSPS) is 4.00. The van der Waals surface area contributed by atoms with Crippen LogP contribution in [0.25, 0.3) is 0 Å². The van der Waals surface area contributed by atoms with Gasteiger partial charge in [-0.15, -0.1) is 0 Å². The Morgan fingerprint density at radius 1 is 1.33 bits per heavy atom. The van der Waals surface area contributed by atoms with Crippen LogP contribution in [0.5, 0.6) is 0 Å². The smallest absolute Gasteiger partial charge is 0.356 e. The van der Waals surface area contributed by atoms with Crippen LogP contribution in [0.1, 0.15) is 0 Å². The van der Waals surface area contributed by atoms with E-state index in [1.165, 1.54) is 0 Å². The molecule has 6 heteroatoms. The molecule has 0 fully saturated rings. The van der Waals surface area contributed by atoms with Crippen molar-refractivity contribution in [3.8, 4) is 0 Å². The molecule has 0 aliphatic heterocycles. The summed E-state index contributed by atoms with van der Waals surface area (Å²) in [6.07, 6.45) is 0. The third-order valence-corrected chi connectivity index (χ3v) is 0. The SMILES string of the molecule is O=[N+]([O-])[O-].[Ce].[Cu+]. The Kier molecular flexibility index (Phi) is 24.7. The van der Waals surface area contributed by atoms with E-state index in [2.05, 4.69) is 0 Å². The van der Waals surface area contributed by atoms with E-state index in [1.807, 2.05) is 0 Å². The van der Waals surface area contributed by atoms with Crippen LogP contribution in [0.2, 0.25) is 0 Å². The first-order valence-corrected chi connectivity index (χ1v) is 0.548. The second-order valence-electron chi connectivity index (χ2n) is 0.224. The molecule has 0 saturated heterocycles. The quantitative estimate of drug-likeness (QED) is 0.345. The van der Waals surface area contributed by atoms with E-state index in [1.54, 1.807) is 0 Å². The summed E-state index contributed by atoms with van der Waals surface area (Å²) < 4.78 is 0. The Bertz CT molecular complexity index is 33.8. The van der Waals surface area contributed by atoms with Crippen LogP contribution >= 0.6 is 0 Å². The molecule has 0 radical (unpaired) electrons. The van der Waals surface area contributed by atoms with Gasteiger partial charge in [0.25, 0.3) is 0 Å². The summed E-state index contributed by atoms with van der Waals surface area (Å²) in [5.41, 5.74) is 0. The fourth-order valence-corrected chi connectivity index (χ4v) is 0. The molecule has 0 aromatic carbocycles. The maximum atomic E-state index is 8.25. The summed E-state index contributed by atoms with van der Waals surface area (Å²) in [4.78, 5) is 8.25. The molecule has 0 aliphatic carbocycles. The molecular formula is CeCuNO3. The summed E-state index contributed by atoms with van der Waals surface area (Å²) in [5.74, 6) is 0. The Balaban J connectivity index is -0.0000000450. The van der Waals surface area contributed by atoms with Crippen molar-refractivity contribution in [2.45, 2.75) is 0 Å². The molecule has 0 aromatic rings. The average Bonchev–Trinajstić information content (AvgIpc) is 0.811. The standard InChI is InChI=1S/Ce.Cu.NO3/c;;2-1(3)4/q;+1;-1. The van der Waals surface area contributed by atoms with Crippen LogP contribution in [0, 0.1) is 57.1 Å². The minimum absolute atomic E-state index is 0. The molecule has 0 amide bonds. The van der Waals surface area contributed by atoms with E-state index in [-0.39, 0.29) is 58.8 Å². The average molecular weight is 266 g/mol. The molecule has 0 N–H and O–H groups in total. The fourth-order valence-electron chi connectivity index (χ4n) is 0. The first-order chi connectivity index (χ1) is 1.73. The van der Waals surface area contributed by atoms with Gasteiger partial charge in [0.2, 0.25) is 0 Å². The first-order valence-electron chi connectivity index (χ1n) is 0.548. The van der Waals surface area contributed by atoms with Crippen molar-refractivity contribution < 1.29 is 63.9 Å². The van der Waals surface area contributed by atoms with Gasteiger partial charge >= 0.3 is 17.1 Å². The molecule has 0 spiro atoms. The molecule has 4 nitrogen and oxygen atoms in total. The van der Waals surface area contributed by atoms with Gasteiger partial charge in [-0.3, -0.25) is 0 Å². The Morgan fingerprint density at radius 3 is 1.33 bits per heavy atom. The van der Waals surface area contributed by atoms with Crippen molar-refractivity contribution >= 4 is 0 Å². The Morgan fingerprint density at radius 2 is 1.33 bits per heavy atom. The van der Waals surface area contributed by atoms with Crippen molar-refractivity contribution in [3.63, 3.8) is 0 Å². The molecule has 0 atom stereocenters. The van der Waals surface area contributed by atoms with Crippen molar-refractivity contribution in [1.29, 1.82) is 0 Å². The van der Waals surface area contributed by atoms with Gasteiger partial charge in [-0.25, -0.2) is 0 Å². The second-order valence-corrected chi connectivity index (χ2v) is 0.224. The van der Waals surface area contributed by atoms with E-state index in [9.17, 15) is 0 Å². The number of nitrogens with zero attached hydrogens (tertiary/aromatic N) is 1.